The molecular formula is C23H31ClN4O3S. The standard InChI is InChI=1S/C23H31ClN4O3S/c1-23(2,3)21(29)28-16(6-7-17-8-9-20(24)32-17)15-18(25-28)19-5-4-10-27(19)22(30)26-11-13-31-14-12-26/h8-9,15,19H,4-7,10-14H2,1-3H3. The molecule has 2 aromatic heterocycles. The molecule has 9 heteroatoms. The number of halogens is 1. The summed E-state index contributed by atoms with van der Waals surface area (Å²) >= 11 is 7.64. The van der Waals surface area contributed by atoms with Crippen LogP contribution >= 0.6 is 22.9 Å². The van der Waals surface area contributed by atoms with Gasteiger partial charge >= 0.3 is 6.03 Å². The van der Waals surface area contributed by atoms with Gasteiger partial charge in [0, 0.05) is 35.6 Å². The Hall–Kier alpha value is -1.90. The number of likely N-dealkylation sites (tertiary alicyclic amines) is 1. The Morgan fingerprint density at radius 2 is 1.94 bits per heavy atom. The number of hydrogen-bond acceptors (Lipinski definition) is 5. The van der Waals surface area contributed by atoms with Gasteiger partial charge in [0.25, 0.3) is 5.91 Å². The second-order valence-electron chi connectivity index (χ2n) is 9.47. The predicted octanol–water partition coefficient (Wildman–Crippen LogP) is 4.66. The van der Waals surface area contributed by atoms with Gasteiger partial charge < -0.3 is 14.5 Å². The Kier molecular flexibility index (Phi) is 6.93. The molecule has 0 spiro atoms. The average molecular weight is 479 g/mol. The largest absolute Gasteiger partial charge is 0.378 e. The zero-order valence-electron chi connectivity index (χ0n) is 19.0. The van der Waals surface area contributed by atoms with Crippen LogP contribution in [0.1, 0.15) is 60.7 Å². The zero-order valence-corrected chi connectivity index (χ0v) is 20.5. The molecule has 0 N–H and O–H groups in total. The van der Waals surface area contributed by atoms with Gasteiger partial charge in [0.15, 0.2) is 0 Å². The highest BCUT2D eigenvalue weighted by Crippen LogP contribution is 2.34. The first-order valence-electron chi connectivity index (χ1n) is 11.2. The van der Waals surface area contributed by atoms with Gasteiger partial charge in [-0.3, -0.25) is 4.79 Å². The van der Waals surface area contributed by atoms with E-state index in [2.05, 4.69) is 0 Å². The van der Waals surface area contributed by atoms with Crippen LogP contribution in [0.3, 0.4) is 0 Å². The summed E-state index contributed by atoms with van der Waals surface area (Å²) in [6.45, 7) is 8.83. The number of thiophene rings is 1. The van der Waals surface area contributed by atoms with Crippen LogP contribution in [0.2, 0.25) is 4.34 Å². The number of amides is 2. The summed E-state index contributed by atoms with van der Waals surface area (Å²) in [5.74, 6) is -0.0352. The van der Waals surface area contributed by atoms with Gasteiger partial charge in [0.2, 0.25) is 0 Å². The van der Waals surface area contributed by atoms with Gasteiger partial charge in [-0.25, -0.2) is 9.48 Å². The van der Waals surface area contributed by atoms with Crippen molar-refractivity contribution in [3.8, 4) is 0 Å². The molecule has 2 aromatic rings. The maximum atomic E-state index is 13.2. The highest BCUT2D eigenvalue weighted by Gasteiger charge is 2.36. The summed E-state index contributed by atoms with van der Waals surface area (Å²) in [5.41, 5.74) is 1.14. The Morgan fingerprint density at radius 3 is 2.59 bits per heavy atom. The van der Waals surface area contributed by atoms with E-state index < -0.39 is 5.41 Å². The molecule has 1 unspecified atom stereocenters. The van der Waals surface area contributed by atoms with E-state index in [0.717, 1.165) is 35.0 Å². The number of aromatic nitrogens is 2. The quantitative estimate of drug-likeness (QED) is 0.641. The number of aryl methyl sites for hydroxylation is 2. The highest BCUT2D eigenvalue weighted by atomic mass is 35.5. The number of rotatable bonds is 4. The zero-order chi connectivity index (χ0) is 22.9. The molecule has 4 rings (SSSR count). The van der Waals surface area contributed by atoms with E-state index in [1.807, 2.05) is 48.8 Å². The molecule has 32 heavy (non-hydrogen) atoms. The maximum Gasteiger partial charge on any atom is 0.320 e. The van der Waals surface area contributed by atoms with E-state index in [1.54, 1.807) is 16.0 Å². The monoisotopic (exact) mass is 478 g/mol. The van der Waals surface area contributed by atoms with Crippen LogP contribution < -0.4 is 0 Å². The number of carbonyl (C=O) groups excluding carboxylic acids is 2. The van der Waals surface area contributed by atoms with Crippen molar-refractivity contribution in [3.05, 3.63) is 38.8 Å². The van der Waals surface area contributed by atoms with Gasteiger partial charge in [-0.15, -0.1) is 11.3 Å². The van der Waals surface area contributed by atoms with Crippen LogP contribution in [0, 0.1) is 5.41 Å². The smallest absolute Gasteiger partial charge is 0.320 e. The van der Waals surface area contributed by atoms with Gasteiger partial charge in [0.05, 0.1) is 29.3 Å². The van der Waals surface area contributed by atoms with Crippen molar-refractivity contribution in [1.82, 2.24) is 19.6 Å². The van der Waals surface area contributed by atoms with Crippen molar-refractivity contribution in [2.45, 2.75) is 52.5 Å². The molecule has 2 fully saturated rings. The molecule has 174 valence electrons. The summed E-state index contributed by atoms with van der Waals surface area (Å²) in [6.07, 6.45) is 3.28. The molecule has 7 nitrogen and oxygen atoms in total. The fraction of sp³-hybridized carbons (Fsp3) is 0.609. The lowest BCUT2D eigenvalue weighted by Crippen LogP contribution is -2.47. The molecule has 0 saturated carbocycles. The fourth-order valence-corrected chi connectivity index (χ4v) is 5.34. The van der Waals surface area contributed by atoms with Crippen LogP contribution in [-0.2, 0) is 17.6 Å². The Morgan fingerprint density at radius 1 is 1.19 bits per heavy atom. The normalized spacial score (nSPS) is 19.6. The SMILES string of the molecule is CC(C)(C)C(=O)n1nc(C2CCCN2C(=O)N2CCOCC2)cc1CCc1ccc(Cl)s1. The average Bonchev–Trinajstić information content (AvgIpc) is 3.50. The number of morpholine rings is 1. The molecule has 2 aliphatic heterocycles. The molecule has 4 heterocycles. The summed E-state index contributed by atoms with van der Waals surface area (Å²) in [6, 6.07) is 5.89. The predicted molar refractivity (Wildman–Crippen MR) is 126 cm³/mol. The third kappa shape index (κ3) is 5.02. The van der Waals surface area contributed by atoms with Crippen molar-refractivity contribution in [3.63, 3.8) is 0 Å². The number of hydrogen-bond donors (Lipinski definition) is 0. The van der Waals surface area contributed by atoms with Gasteiger partial charge in [-0.2, -0.15) is 5.10 Å². The van der Waals surface area contributed by atoms with E-state index >= 15 is 0 Å². The molecule has 1 atom stereocenters. The number of nitrogens with zero attached hydrogens (tertiary/aromatic N) is 4. The van der Waals surface area contributed by atoms with E-state index in [4.69, 9.17) is 21.4 Å². The minimum atomic E-state index is -0.552. The van der Waals surface area contributed by atoms with Crippen molar-refractivity contribution in [2.24, 2.45) is 5.41 Å². The van der Waals surface area contributed by atoms with Gasteiger partial charge in [-0.1, -0.05) is 32.4 Å². The molecule has 2 saturated heterocycles. The van der Waals surface area contributed by atoms with E-state index in [9.17, 15) is 9.59 Å². The first kappa shape index (κ1) is 23.3. The molecule has 2 aliphatic rings. The van der Waals surface area contributed by atoms with E-state index in [1.165, 1.54) is 4.88 Å². The van der Waals surface area contributed by atoms with Crippen LogP contribution in [0.15, 0.2) is 18.2 Å². The second kappa shape index (κ2) is 9.53. The Bertz CT molecular complexity index is 974. The van der Waals surface area contributed by atoms with Crippen LogP contribution in [0.5, 0.6) is 0 Å². The maximum absolute atomic E-state index is 13.2. The molecule has 2 amide bonds. The van der Waals surface area contributed by atoms with Gasteiger partial charge in [0.1, 0.15) is 0 Å². The van der Waals surface area contributed by atoms with E-state index in [-0.39, 0.29) is 18.0 Å². The molecule has 0 bridgehead atoms. The van der Waals surface area contributed by atoms with E-state index in [0.29, 0.717) is 39.3 Å². The van der Waals surface area contributed by atoms with Crippen molar-refractivity contribution < 1.29 is 14.3 Å². The van der Waals surface area contributed by atoms with Crippen molar-refractivity contribution in [2.75, 3.05) is 32.8 Å². The molecule has 0 aliphatic carbocycles. The Labute approximate surface area is 198 Å². The summed E-state index contributed by atoms with van der Waals surface area (Å²) in [7, 11) is 0. The number of ether oxygens (including phenoxy) is 1. The first-order valence-corrected chi connectivity index (χ1v) is 12.4. The fourth-order valence-electron chi connectivity index (χ4n) is 4.25. The summed E-state index contributed by atoms with van der Waals surface area (Å²) in [4.78, 5) is 31.3. The minimum absolute atomic E-state index is 0.0352. The summed E-state index contributed by atoms with van der Waals surface area (Å²) < 4.78 is 7.73. The van der Waals surface area contributed by atoms with Crippen molar-refractivity contribution in [1.29, 1.82) is 0 Å². The number of carbonyl (C=O) groups is 2. The topological polar surface area (TPSA) is 67.7 Å². The van der Waals surface area contributed by atoms with Crippen molar-refractivity contribution >= 4 is 34.9 Å². The third-order valence-electron chi connectivity index (χ3n) is 6.01. The molecule has 0 aromatic carbocycles. The second-order valence-corrected chi connectivity index (χ2v) is 11.3. The van der Waals surface area contributed by atoms with Crippen LogP contribution in [-0.4, -0.2) is 64.4 Å². The summed E-state index contributed by atoms with van der Waals surface area (Å²) in [5, 5.41) is 4.76. The first-order chi connectivity index (χ1) is 15.2. The molecular weight excluding hydrogens is 448 g/mol. The Balaban J connectivity index is 1.59. The third-order valence-corrected chi connectivity index (χ3v) is 7.30. The van der Waals surface area contributed by atoms with Crippen LogP contribution in [0.25, 0.3) is 0 Å². The number of urea groups is 1. The minimum Gasteiger partial charge on any atom is -0.378 e. The van der Waals surface area contributed by atoms with Gasteiger partial charge in [-0.05, 0) is 43.9 Å². The van der Waals surface area contributed by atoms with Crippen LogP contribution in [0.4, 0.5) is 4.79 Å². The lowest BCUT2D eigenvalue weighted by atomic mass is 9.95. The lowest BCUT2D eigenvalue weighted by Gasteiger charge is -2.33. The lowest BCUT2D eigenvalue weighted by molar-refractivity contribution is 0.0420. The highest BCUT2D eigenvalue weighted by molar-refractivity contribution is 7.16. The molecule has 0 radical (unpaired) electrons.